The second-order valence-corrected chi connectivity index (χ2v) is 6.43. The zero-order valence-corrected chi connectivity index (χ0v) is 12.8. The van der Waals surface area contributed by atoms with Gasteiger partial charge in [0, 0.05) is 24.7 Å². The number of ether oxygens (including phenoxy) is 1. The molecule has 1 aromatic carbocycles. The number of piperidine rings is 1. The molecule has 2 unspecified atom stereocenters. The average Bonchev–Trinajstić information content (AvgIpc) is 2.79. The first-order valence-corrected chi connectivity index (χ1v) is 7.94. The molecule has 20 heavy (non-hydrogen) atoms. The van der Waals surface area contributed by atoms with Crippen molar-refractivity contribution < 1.29 is 4.74 Å². The summed E-state index contributed by atoms with van der Waals surface area (Å²) < 4.78 is 5.78. The number of fused-ring (bicyclic) bond motifs is 2. The lowest BCUT2D eigenvalue weighted by Gasteiger charge is -2.35. The van der Waals surface area contributed by atoms with Gasteiger partial charge in [0.2, 0.25) is 0 Å². The second kappa shape index (κ2) is 6.33. The molecule has 0 spiro atoms. The quantitative estimate of drug-likeness (QED) is 0.904. The minimum absolute atomic E-state index is 0.690. The number of rotatable bonds is 5. The molecule has 0 saturated carbocycles. The number of likely N-dealkylation sites (N-methyl/N-ethyl adjacent to an activating group) is 1. The maximum atomic E-state index is 6.09. The number of benzene rings is 1. The molecule has 3 nitrogen and oxygen atoms in total. The molecule has 2 atom stereocenters. The highest BCUT2D eigenvalue weighted by atomic mass is 35.5. The van der Waals surface area contributed by atoms with Crippen LogP contribution in [0.15, 0.2) is 24.3 Å². The van der Waals surface area contributed by atoms with E-state index in [1.807, 2.05) is 24.3 Å². The molecule has 0 aliphatic carbocycles. The summed E-state index contributed by atoms with van der Waals surface area (Å²) in [5, 5.41) is 4.38. The Hall–Kier alpha value is -0.770. The van der Waals surface area contributed by atoms with E-state index in [2.05, 4.69) is 17.3 Å². The van der Waals surface area contributed by atoms with Crippen LogP contribution in [0.1, 0.15) is 25.7 Å². The van der Waals surface area contributed by atoms with E-state index in [-0.39, 0.29) is 0 Å². The van der Waals surface area contributed by atoms with E-state index in [0.29, 0.717) is 17.7 Å². The van der Waals surface area contributed by atoms with E-state index in [1.165, 1.54) is 25.7 Å². The van der Waals surface area contributed by atoms with Gasteiger partial charge in [-0.3, -0.25) is 4.90 Å². The SMILES string of the molecule is CN(CCOc1ccccc1Cl)C1CC2CCC(C1)N2. The van der Waals surface area contributed by atoms with Gasteiger partial charge in [0.15, 0.2) is 0 Å². The number of hydrogen-bond donors (Lipinski definition) is 1. The molecule has 0 aromatic heterocycles. The van der Waals surface area contributed by atoms with E-state index >= 15 is 0 Å². The lowest BCUT2D eigenvalue weighted by molar-refractivity contribution is 0.147. The first-order valence-electron chi connectivity index (χ1n) is 7.56. The van der Waals surface area contributed by atoms with Crippen LogP contribution in [0, 0.1) is 0 Å². The molecule has 0 amide bonds. The molecule has 2 heterocycles. The van der Waals surface area contributed by atoms with Crippen LogP contribution in [-0.2, 0) is 0 Å². The third kappa shape index (κ3) is 3.27. The summed E-state index contributed by atoms with van der Waals surface area (Å²) in [5.74, 6) is 0.785. The van der Waals surface area contributed by atoms with Gasteiger partial charge in [-0.15, -0.1) is 0 Å². The number of hydrogen-bond acceptors (Lipinski definition) is 3. The Morgan fingerprint density at radius 3 is 2.65 bits per heavy atom. The molecule has 1 N–H and O–H groups in total. The monoisotopic (exact) mass is 294 g/mol. The molecule has 2 aliphatic rings. The molecular weight excluding hydrogens is 272 g/mol. The van der Waals surface area contributed by atoms with Gasteiger partial charge in [0.1, 0.15) is 12.4 Å². The molecular formula is C16H23ClN2O. The van der Waals surface area contributed by atoms with Crippen LogP contribution in [0.25, 0.3) is 0 Å². The Labute approximate surface area is 126 Å². The number of nitrogens with one attached hydrogen (secondary N) is 1. The van der Waals surface area contributed by atoms with Crippen molar-refractivity contribution in [2.45, 2.75) is 43.8 Å². The summed E-state index contributed by atoms with van der Waals surface area (Å²) in [4.78, 5) is 2.45. The van der Waals surface area contributed by atoms with Crippen LogP contribution < -0.4 is 10.1 Å². The van der Waals surface area contributed by atoms with E-state index in [0.717, 1.165) is 24.4 Å². The smallest absolute Gasteiger partial charge is 0.137 e. The fourth-order valence-corrected chi connectivity index (χ4v) is 3.62. The van der Waals surface area contributed by atoms with Crippen molar-refractivity contribution in [3.05, 3.63) is 29.3 Å². The highest BCUT2D eigenvalue weighted by Gasteiger charge is 2.34. The summed E-state index contributed by atoms with van der Waals surface area (Å²) in [5.41, 5.74) is 0. The van der Waals surface area contributed by atoms with Gasteiger partial charge < -0.3 is 10.1 Å². The largest absolute Gasteiger partial charge is 0.491 e. The van der Waals surface area contributed by atoms with Crippen molar-refractivity contribution >= 4 is 11.6 Å². The predicted molar refractivity (Wildman–Crippen MR) is 82.5 cm³/mol. The van der Waals surface area contributed by atoms with Gasteiger partial charge in [-0.25, -0.2) is 0 Å². The van der Waals surface area contributed by atoms with Gasteiger partial charge >= 0.3 is 0 Å². The molecule has 2 bridgehead atoms. The van der Waals surface area contributed by atoms with Crippen molar-refractivity contribution in [2.24, 2.45) is 0 Å². The minimum atomic E-state index is 0.690. The Balaban J connectivity index is 1.45. The fraction of sp³-hybridized carbons (Fsp3) is 0.625. The van der Waals surface area contributed by atoms with E-state index in [9.17, 15) is 0 Å². The number of para-hydroxylation sites is 1. The first kappa shape index (κ1) is 14.2. The van der Waals surface area contributed by atoms with Crippen LogP contribution in [0.5, 0.6) is 5.75 Å². The Morgan fingerprint density at radius 1 is 1.25 bits per heavy atom. The second-order valence-electron chi connectivity index (χ2n) is 6.02. The fourth-order valence-electron chi connectivity index (χ4n) is 3.43. The maximum Gasteiger partial charge on any atom is 0.137 e. The Morgan fingerprint density at radius 2 is 1.95 bits per heavy atom. The van der Waals surface area contributed by atoms with Crippen molar-refractivity contribution in [1.29, 1.82) is 0 Å². The van der Waals surface area contributed by atoms with Crippen molar-refractivity contribution in [3.63, 3.8) is 0 Å². The molecule has 2 aliphatic heterocycles. The van der Waals surface area contributed by atoms with Crippen molar-refractivity contribution in [2.75, 3.05) is 20.2 Å². The highest BCUT2D eigenvalue weighted by molar-refractivity contribution is 6.32. The summed E-state index contributed by atoms with van der Waals surface area (Å²) >= 11 is 6.09. The van der Waals surface area contributed by atoms with Crippen molar-refractivity contribution in [1.82, 2.24) is 10.2 Å². The minimum Gasteiger partial charge on any atom is -0.491 e. The molecule has 2 fully saturated rings. The lowest BCUT2D eigenvalue weighted by atomic mass is 9.99. The zero-order chi connectivity index (χ0) is 13.9. The number of nitrogens with zero attached hydrogens (tertiary/aromatic N) is 1. The van der Waals surface area contributed by atoms with E-state index in [4.69, 9.17) is 16.3 Å². The van der Waals surface area contributed by atoms with Gasteiger partial charge in [0.25, 0.3) is 0 Å². The zero-order valence-electron chi connectivity index (χ0n) is 12.0. The Kier molecular flexibility index (Phi) is 4.49. The van der Waals surface area contributed by atoms with Gasteiger partial charge in [0.05, 0.1) is 5.02 Å². The average molecular weight is 295 g/mol. The van der Waals surface area contributed by atoms with Crippen LogP contribution in [-0.4, -0.2) is 43.2 Å². The molecule has 3 rings (SSSR count). The van der Waals surface area contributed by atoms with E-state index in [1.54, 1.807) is 0 Å². The van der Waals surface area contributed by atoms with Crippen LogP contribution in [0.2, 0.25) is 5.02 Å². The topological polar surface area (TPSA) is 24.5 Å². The van der Waals surface area contributed by atoms with Gasteiger partial charge in [-0.2, -0.15) is 0 Å². The molecule has 4 heteroatoms. The molecule has 110 valence electrons. The normalized spacial score (nSPS) is 28.9. The molecule has 2 saturated heterocycles. The summed E-state index contributed by atoms with van der Waals surface area (Å²) in [6, 6.07) is 9.85. The summed E-state index contributed by atoms with van der Waals surface area (Å²) in [7, 11) is 2.21. The van der Waals surface area contributed by atoms with Gasteiger partial charge in [-0.05, 0) is 44.9 Å². The summed E-state index contributed by atoms with van der Waals surface area (Å²) in [6.45, 7) is 1.65. The van der Waals surface area contributed by atoms with Crippen LogP contribution in [0.3, 0.4) is 0 Å². The third-order valence-electron chi connectivity index (χ3n) is 4.61. The highest BCUT2D eigenvalue weighted by Crippen LogP contribution is 2.29. The van der Waals surface area contributed by atoms with Crippen LogP contribution >= 0.6 is 11.6 Å². The standard InChI is InChI=1S/C16H23ClN2O/c1-19(14-10-12-6-7-13(11-14)18-12)8-9-20-16-5-3-2-4-15(16)17/h2-5,12-14,18H,6-11H2,1H3. The van der Waals surface area contributed by atoms with Crippen LogP contribution in [0.4, 0.5) is 0 Å². The summed E-state index contributed by atoms with van der Waals surface area (Å²) in [6.07, 6.45) is 5.26. The number of halogens is 1. The molecule has 0 radical (unpaired) electrons. The Bertz CT molecular complexity index is 442. The van der Waals surface area contributed by atoms with Crippen molar-refractivity contribution in [3.8, 4) is 5.75 Å². The molecule has 1 aromatic rings. The maximum absolute atomic E-state index is 6.09. The predicted octanol–water partition coefficient (Wildman–Crippen LogP) is 2.93. The lowest BCUT2D eigenvalue weighted by Crippen LogP contribution is -2.47. The van der Waals surface area contributed by atoms with E-state index < -0.39 is 0 Å². The first-order chi connectivity index (χ1) is 9.72. The third-order valence-corrected chi connectivity index (χ3v) is 4.92. The van der Waals surface area contributed by atoms with Gasteiger partial charge in [-0.1, -0.05) is 23.7 Å².